The molecule has 5 heteroatoms. The van der Waals surface area contributed by atoms with E-state index in [0.717, 1.165) is 5.69 Å². The third kappa shape index (κ3) is 2.31. The lowest BCUT2D eigenvalue weighted by Crippen LogP contribution is -2.17. The number of aryl methyl sites for hydroxylation is 2. The van der Waals surface area contributed by atoms with Gasteiger partial charge in [0.15, 0.2) is 0 Å². The quantitative estimate of drug-likeness (QED) is 0.787. The number of hydrogen-bond donors (Lipinski definition) is 1. The largest absolute Gasteiger partial charge is 0.479 e. The van der Waals surface area contributed by atoms with Crippen LogP contribution in [0.25, 0.3) is 0 Å². The fourth-order valence-electron chi connectivity index (χ4n) is 1.33. The van der Waals surface area contributed by atoms with E-state index in [2.05, 4.69) is 5.10 Å². The van der Waals surface area contributed by atoms with Crippen molar-refractivity contribution in [3.8, 4) is 0 Å². The molecular weight excluding hydrogens is 187 g/mol. The summed E-state index contributed by atoms with van der Waals surface area (Å²) in [7, 11) is 1.73. The molecule has 0 bridgehead atoms. The van der Waals surface area contributed by atoms with E-state index in [4.69, 9.17) is 5.11 Å². The molecule has 0 radical (unpaired) electrons. The summed E-state index contributed by atoms with van der Waals surface area (Å²) >= 11 is 0. The van der Waals surface area contributed by atoms with Gasteiger partial charge in [-0.15, -0.1) is 0 Å². The summed E-state index contributed by atoms with van der Waals surface area (Å²) in [6.07, 6.45) is 0.396. The Balaban J connectivity index is 2.79. The molecule has 0 aliphatic carbocycles. The average molecular weight is 200 g/mol. The van der Waals surface area contributed by atoms with Gasteiger partial charge >= 0.3 is 5.97 Å². The highest BCUT2D eigenvalue weighted by molar-refractivity contribution is 5.72. The van der Waals surface area contributed by atoms with Crippen LogP contribution in [0.4, 0.5) is 4.39 Å². The highest BCUT2D eigenvalue weighted by atomic mass is 19.1. The molecule has 14 heavy (non-hydrogen) atoms. The van der Waals surface area contributed by atoms with Crippen molar-refractivity contribution in [3.63, 3.8) is 0 Å². The Morgan fingerprint density at radius 3 is 2.93 bits per heavy atom. The summed E-state index contributed by atoms with van der Waals surface area (Å²) < 4.78 is 14.5. The number of alkyl halides is 1. The van der Waals surface area contributed by atoms with Crippen LogP contribution in [0.3, 0.4) is 0 Å². The van der Waals surface area contributed by atoms with Crippen LogP contribution in [0.5, 0.6) is 0 Å². The van der Waals surface area contributed by atoms with E-state index in [1.807, 2.05) is 6.92 Å². The first-order chi connectivity index (χ1) is 6.54. The Labute approximate surface area is 81.3 Å². The fraction of sp³-hybridized carbons (Fsp3) is 0.556. The van der Waals surface area contributed by atoms with Crippen molar-refractivity contribution in [2.45, 2.75) is 25.9 Å². The van der Waals surface area contributed by atoms with Gasteiger partial charge in [0.05, 0.1) is 5.69 Å². The van der Waals surface area contributed by atoms with Crippen LogP contribution in [-0.4, -0.2) is 27.0 Å². The fourth-order valence-corrected chi connectivity index (χ4v) is 1.33. The molecule has 1 aromatic rings. The predicted molar refractivity (Wildman–Crippen MR) is 48.8 cm³/mol. The lowest BCUT2D eigenvalue weighted by molar-refractivity contribution is -0.142. The van der Waals surface area contributed by atoms with E-state index < -0.39 is 12.1 Å². The van der Waals surface area contributed by atoms with Crippen LogP contribution in [0.2, 0.25) is 0 Å². The van der Waals surface area contributed by atoms with Gasteiger partial charge in [-0.2, -0.15) is 5.10 Å². The number of halogens is 1. The van der Waals surface area contributed by atoms with E-state index in [-0.39, 0.29) is 6.42 Å². The number of carboxylic acid groups (broad SMARTS) is 1. The van der Waals surface area contributed by atoms with E-state index in [9.17, 15) is 9.18 Å². The smallest absolute Gasteiger partial charge is 0.338 e. The molecule has 0 saturated carbocycles. The molecule has 1 heterocycles. The first-order valence-electron chi connectivity index (χ1n) is 4.42. The summed E-state index contributed by atoms with van der Waals surface area (Å²) in [5.74, 6) is -1.42. The summed E-state index contributed by atoms with van der Waals surface area (Å²) in [4.78, 5) is 10.3. The monoisotopic (exact) mass is 200 g/mol. The highest BCUT2D eigenvalue weighted by Crippen LogP contribution is 2.11. The van der Waals surface area contributed by atoms with Crippen LogP contribution in [0.1, 0.15) is 18.2 Å². The first-order valence-corrected chi connectivity index (χ1v) is 4.42. The van der Waals surface area contributed by atoms with Crippen molar-refractivity contribution in [1.82, 2.24) is 9.78 Å². The van der Waals surface area contributed by atoms with Gasteiger partial charge in [-0.05, 0) is 12.0 Å². The van der Waals surface area contributed by atoms with Gasteiger partial charge in [0, 0.05) is 19.7 Å². The molecule has 0 aliphatic rings. The number of nitrogens with zero attached hydrogens (tertiary/aromatic N) is 2. The second kappa shape index (κ2) is 4.21. The third-order valence-corrected chi connectivity index (χ3v) is 1.99. The van der Waals surface area contributed by atoms with Gasteiger partial charge < -0.3 is 5.11 Å². The number of carboxylic acids is 1. The maximum absolute atomic E-state index is 12.9. The number of hydrogen-bond acceptors (Lipinski definition) is 2. The maximum Gasteiger partial charge on any atom is 0.338 e. The Kier molecular flexibility index (Phi) is 3.22. The first kappa shape index (κ1) is 10.7. The lowest BCUT2D eigenvalue weighted by atomic mass is 10.1. The van der Waals surface area contributed by atoms with Crippen LogP contribution < -0.4 is 0 Å². The third-order valence-electron chi connectivity index (χ3n) is 1.99. The minimum absolute atomic E-state index is 0.105. The van der Waals surface area contributed by atoms with Gasteiger partial charge in [-0.1, -0.05) is 6.92 Å². The molecule has 1 N–H and O–H groups in total. The minimum Gasteiger partial charge on any atom is -0.479 e. The average Bonchev–Trinajstić information content (AvgIpc) is 2.45. The molecule has 0 saturated heterocycles. The zero-order valence-corrected chi connectivity index (χ0v) is 8.20. The maximum atomic E-state index is 12.9. The second-order valence-corrected chi connectivity index (χ2v) is 3.14. The molecule has 0 amide bonds. The molecule has 0 spiro atoms. The van der Waals surface area contributed by atoms with Gasteiger partial charge in [0.1, 0.15) is 0 Å². The minimum atomic E-state index is -1.84. The number of aromatic nitrogens is 2. The summed E-state index contributed by atoms with van der Waals surface area (Å²) in [6.45, 7) is 1.90. The Hall–Kier alpha value is -1.39. The normalized spacial score (nSPS) is 12.8. The van der Waals surface area contributed by atoms with Gasteiger partial charge in [0.25, 0.3) is 0 Å². The van der Waals surface area contributed by atoms with Gasteiger partial charge in [-0.3, -0.25) is 4.68 Å². The molecule has 0 fully saturated rings. The van der Waals surface area contributed by atoms with Crippen LogP contribution in [-0.2, 0) is 24.7 Å². The second-order valence-electron chi connectivity index (χ2n) is 3.14. The summed E-state index contributed by atoms with van der Waals surface area (Å²) in [6, 6.07) is 0. The highest BCUT2D eigenvalue weighted by Gasteiger charge is 2.19. The SMILES string of the molecule is CCc1nn(C)cc1CC(F)C(=O)O. The molecular formula is C9H13FN2O2. The number of carbonyl (C=O) groups is 1. The van der Waals surface area contributed by atoms with Crippen molar-refractivity contribution in [1.29, 1.82) is 0 Å². The predicted octanol–water partition coefficient (Wildman–Crippen LogP) is 0.948. The molecule has 0 aromatic carbocycles. The zero-order valence-electron chi connectivity index (χ0n) is 8.20. The topological polar surface area (TPSA) is 55.1 Å². The van der Waals surface area contributed by atoms with E-state index in [1.165, 1.54) is 0 Å². The van der Waals surface area contributed by atoms with Crippen LogP contribution in [0, 0.1) is 0 Å². The van der Waals surface area contributed by atoms with Gasteiger partial charge in [0.2, 0.25) is 6.17 Å². The molecule has 1 rings (SSSR count). The van der Waals surface area contributed by atoms with Crippen molar-refractivity contribution < 1.29 is 14.3 Å². The molecule has 78 valence electrons. The van der Waals surface area contributed by atoms with E-state index in [1.54, 1.807) is 17.9 Å². The van der Waals surface area contributed by atoms with Crippen LogP contribution >= 0.6 is 0 Å². The zero-order chi connectivity index (χ0) is 10.7. The van der Waals surface area contributed by atoms with Crippen molar-refractivity contribution in [2.75, 3.05) is 0 Å². The van der Waals surface area contributed by atoms with Crippen molar-refractivity contribution in [2.24, 2.45) is 7.05 Å². The van der Waals surface area contributed by atoms with E-state index >= 15 is 0 Å². The van der Waals surface area contributed by atoms with E-state index in [0.29, 0.717) is 12.0 Å². The van der Waals surface area contributed by atoms with Crippen molar-refractivity contribution >= 4 is 5.97 Å². The number of aliphatic carboxylic acids is 1. The summed E-state index contributed by atoms with van der Waals surface area (Å²) in [5.41, 5.74) is 1.43. The molecule has 1 unspecified atom stereocenters. The standard InChI is InChI=1S/C9H13FN2O2/c1-3-8-6(5-12(2)11-8)4-7(10)9(13)14/h5,7H,3-4H2,1-2H3,(H,13,14). The molecule has 1 atom stereocenters. The summed E-state index contributed by atoms with van der Waals surface area (Å²) in [5, 5.41) is 12.5. The van der Waals surface area contributed by atoms with Crippen molar-refractivity contribution in [3.05, 3.63) is 17.5 Å². The Morgan fingerprint density at radius 1 is 1.79 bits per heavy atom. The molecule has 4 nitrogen and oxygen atoms in total. The molecule has 0 aliphatic heterocycles. The molecule has 1 aromatic heterocycles. The Morgan fingerprint density at radius 2 is 2.43 bits per heavy atom. The van der Waals surface area contributed by atoms with Gasteiger partial charge in [-0.25, -0.2) is 9.18 Å². The lowest BCUT2D eigenvalue weighted by Gasteiger charge is -2.01. The Bertz CT molecular complexity index is 336. The van der Waals surface area contributed by atoms with Crippen LogP contribution in [0.15, 0.2) is 6.20 Å². The number of rotatable bonds is 4.